The van der Waals surface area contributed by atoms with Gasteiger partial charge in [-0.2, -0.15) is 0 Å². The average Bonchev–Trinajstić information content (AvgIpc) is 2.40. The molecule has 1 aromatic rings. The minimum atomic E-state index is 0.250. The van der Waals surface area contributed by atoms with Gasteiger partial charge in [-0.05, 0) is 38.8 Å². The molecule has 0 amide bonds. The zero-order valence-electron chi connectivity index (χ0n) is 10.4. The van der Waals surface area contributed by atoms with E-state index in [1.54, 1.807) is 0 Å². The van der Waals surface area contributed by atoms with Crippen LogP contribution in [-0.2, 0) is 0 Å². The quantitative estimate of drug-likeness (QED) is 0.726. The molecule has 2 nitrogen and oxygen atoms in total. The van der Waals surface area contributed by atoms with Crippen molar-refractivity contribution in [3.63, 3.8) is 0 Å². The number of carbonyl (C=O) groups excluding carboxylic acids is 1. The Kier molecular flexibility index (Phi) is 2.75. The van der Waals surface area contributed by atoms with E-state index in [1.807, 2.05) is 24.3 Å². The molecular weight excluding hydrogens is 210 g/mol. The van der Waals surface area contributed by atoms with Gasteiger partial charge < -0.3 is 4.90 Å². The normalized spacial score (nSPS) is 31.5. The standard InChI is InChI=1S/C15H19NO/c1-11-2-4-13(5-3-11)15(17)14-10-16-8-6-12(14)7-9-16/h2-5,12,14H,6-10H2,1H3/t14-/m1/s1. The number of Topliss-reactive ketones (excluding diaryl/α,β-unsaturated/α-hetero) is 1. The third-order valence-corrected chi connectivity index (χ3v) is 4.33. The molecule has 3 fully saturated rings. The molecule has 4 rings (SSSR count). The highest BCUT2D eigenvalue weighted by Gasteiger charge is 2.38. The summed E-state index contributed by atoms with van der Waals surface area (Å²) in [6, 6.07) is 8.04. The summed E-state index contributed by atoms with van der Waals surface area (Å²) >= 11 is 0. The van der Waals surface area contributed by atoms with Crippen LogP contribution in [0.5, 0.6) is 0 Å². The second kappa shape index (κ2) is 4.26. The molecule has 0 saturated carbocycles. The fourth-order valence-electron chi connectivity index (χ4n) is 3.19. The van der Waals surface area contributed by atoms with E-state index in [0.29, 0.717) is 11.7 Å². The molecule has 3 aliphatic heterocycles. The molecule has 1 aromatic carbocycles. The molecule has 17 heavy (non-hydrogen) atoms. The van der Waals surface area contributed by atoms with Gasteiger partial charge in [0.1, 0.15) is 0 Å². The van der Waals surface area contributed by atoms with Crippen molar-refractivity contribution in [2.75, 3.05) is 19.6 Å². The number of hydrogen-bond donors (Lipinski definition) is 0. The van der Waals surface area contributed by atoms with Crippen molar-refractivity contribution in [2.24, 2.45) is 11.8 Å². The van der Waals surface area contributed by atoms with Crippen molar-refractivity contribution in [1.29, 1.82) is 0 Å². The topological polar surface area (TPSA) is 20.3 Å². The highest BCUT2D eigenvalue weighted by Crippen LogP contribution is 2.34. The molecule has 1 atom stereocenters. The Morgan fingerprint density at radius 2 is 1.82 bits per heavy atom. The van der Waals surface area contributed by atoms with Crippen molar-refractivity contribution in [1.82, 2.24) is 4.90 Å². The molecule has 90 valence electrons. The first-order valence-corrected chi connectivity index (χ1v) is 6.57. The zero-order chi connectivity index (χ0) is 11.8. The van der Waals surface area contributed by atoms with E-state index in [-0.39, 0.29) is 5.92 Å². The number of rotatable bonds is 2. The Morgan fingerprint density at radius 3 is 2.35 bits per heavy atom. The van der Waals surface area contributed by atoms with Crippen LogP contribution in [-0.4, -0.2) is 30.3 Å². The Balaban J connectivity index is 1.80. The third kappa shape index (κ3) is 2.02. The van der Waals surface area contributed by atoms with Crippen molar-refractivity contribution >= 4 is 5.78 Å². The van der Waals surface area contributed by atoms with Gasteiger partial charge in [-0.1, -0.05) is 29.8 Å². The average molecular weight is 229 g/mol. The molecule has 2 heteroatoms. The minimum absolute atomic E-state index is 0.250. The maximum Gasteiger partial charge on any atom is 0.167 e. The minimum Gasteiger partial charge on any atom is -0.303 e. The summed E-state index contributed by atoms with van der Waals surface area (Å²) < 4.78 is 0. The summed E-state index contributed by atoms with van der Waals surface area (Å²) in [6.45, 7) is 5.44. The lowest BCUT2D eigenvalue weighted by atomic mass is 9.75. The van der Waals surface area contributed by atoms with Gasteiger partial charge >= 0.3 is 0 Å². The zero-order valence-corrected chi connectivity index (χ0v) is 10.4. The molecule has 3 saturated heterocycles. The van der Waals surface area contributed by atoms with Gasteiger partial charge in [0, 0.05) is 18.0 Å². The van der Waals surface area contributed by atoms with Crippen molar-refractivity contribution in [3.05, 3.63) is 35.4 Å². The summed E-state index contributed by atoms with van der Waals surface area (Å²) in [7, 11) is 0. The Labute approximate surface area is 103 Å². The lowest BCUT2D eigenvalue weighted by Crippen LogP contribution is -2.50. The second-order valence-electron chi connectivity index (χ2n) is 5.47. The molecule has 0 aromatic heterocycles. The summed E-state index contributed by atoms with van der Waals surface area (Å²) in [5, 5.41) is 0. The fraction of sp³-hybridized carbons (Fsp3) is 0.533. The maximum absolute atomic E-state index is 12.5. The number of piperidine rings is 3. The van der Waals surface area contributed by atoms with Gasteiger partial charge in [-0.25, -0.2) is 0 Å². The van der Waals surface area contributed by atoms with Crippen molar-refractivity contribution < 1.29 is 4.79 Å². The number of benzene rings is 1. The summed E-state index contributed by atoms with van der Waals surface area (Å²) in [4.78, 5) is 14.9. The summed E-state index contributed by atoms with van der Waals surface area (Å²) in [5.41, 5.74) is 2.12. The lowest BCUT2D eigenvalue weighted by molar-refractivity contribution is 0.0419. The lowest BCUT2D eigenvalue weighted by Gasteiger charge is -2.44. The third-order valence-electron chi connectivity index (χ3n) is 4.33. The monoisotopic (exact) mass is 229 g/mol. The van der Waals surface area contributed by atoms with Crippen molar-refractivity contribution in [2.45, 2.75) is 19.8 Å². The van der Waals surface area contributed by atoms with Gasteiger partial charge in [0.2, 0.25) is 0 Å². The second-order valence-corrected chi connectivity index (χ2v) is 5.47. The van der Waals surface area contributed by atoms with E-state index < -0.39 is 0 Å². The Morgan fingerprint density at radius 1 is 1.18 bits per heavy atom. The molecule has 0 spiro atoms. The van der Waals surface area contributed by atoms with Crippen LogP contribution >= 0.6 is 0 Å². The fourth-order valence-corrected chi connectivity index (χ4v) is 3.19. The van der Waals surface area contributed by atoms with E-state index in [9.17, 15) is 4.79 Å². The number of fused-ring (bicyclic) bond motifs is 3. The molecule has 0 N–H and O–H groups in total. The van der Waals surface area contributed by atoms with Crippen molar-refractivity contribution in [3.8, 4) is 0 Å². The van der Waals surface area contributed by atoms with Crippen LogP contribution in [0.1, 0.15) is 28.8 Å². The van der Waals surface area contributed by atoms with Crippen LogP contribution < -0.4 is 0 Å². The molecular formula is C15H19NO. The van der Waals surface area contributed by atoms with E-state index >= 15 is 0 Å². The van der Waals surface area contributed by atoms with Crippen LogP contribution in [0.25, 0.3) is 0 Å². The number of nitrogens with zero attached hydrogens (tertiary/aromatic N) is 1. The molecule has 0 radical (unpaired) electrons. The first-order valence-electron chi connectivity index (χ1n) is 6.57. The van der Waals surface area contributed by atoms with Gasteiger partial charge in [0.25, 0.3) is 0 Å². The molecule has 0 aliphatic carbocycles. The van der Waals surface area contributed by atoms with E-state index in [0.717, 1.165) is 12.1 Å². The molecule has 2 bridgehead atoms. The first-order chi connectivity index (χ1) is 8.24. The van der Waals surface area contributed by atoms with Crippen LogP contribution in [0.3, 0.4) is 0 Å². The maximum atomic E-state index is 12.5. The first kappa shape index (κ1) is 11.0. The highest BCUT2D eigenvalue weighted by atomic mass is 16.1. The Hall–Kier alpha value is -1.15. The Bertz CT molecular complexity index is 415. The molecule has 3 heterocycles. The number of carbonyl (C=O) groups is 1. The van der Waals surface area contributed by atoms with E-state index in [1.165, 1.54) is 31.5 Å². The van der Waals surface area contributed by atoms with Gasteiger partial charge in [0.05, 0.1) is 0 Å². The predicted molar refractivity (Wildman–Crippen MR) is 68.2 cm³/mol. The molecule has 0 unspecified atom stereocenters. The van der Waals surface area contributed by atoms with Crippen LogP contribution in [0.15, 0.2) is 24.3 Å². The van der Waals surface area contributed by atoms with Crippen LogP contribution in [0, 0.1) is 18.8 Å². The largest absolute Gasteiger partial charge is 0.303 e. The number of aryl methyl sites for hydroxylation is 1. The molecule has 3 aliphatic rings. The predicted octanol–water partition coefficient (Wildman–Crippen LogP) is 2.52. The number of hydrogen-bond acceptors (Lipinski definition) is 2. The van der Waals surface area contributed by atoms with Crippen LogP contribution in [0.2, 0.25) is 0 Å². The SMILES string of the molecule is Cc1ccc(C(=O)[C@@H]2CN3CCC2CC3)cc1. The number of ketones is 1. The smallest absolute Gasteiger partial charge is 0.167 e. The summed E-state index contributed by atoms with van der Waals surface area (Å²) in [5.74, 6) is 1.24. The van der Waals surface area contributed by atoms with E-state index in [4.69, 9.17) is 0 Å². The van der Waals surface area contributed by atoms with Crippen LogP contribution in [0.4, 0.5) is 0 Å². The highest BCUT2D eigenvalue weighted by molar-refractivity contribution is 5.98. The summed E-state index contributed by atoms with van der Waals surface area (Å²) in [6.07, 6.45) is 2.42. The van der Waals surface area contributed by atoms with Gasteiger partial charge in [-0.15, -0.1) is 0 Å². The van der Waals surface area contributed by atoms with Gasteiger partial charge in [-0.3, -0.25) is 4.79 Å². The van der Waals surface area contributed by atoms with Gasteiger partial charge in [0.15, 0.2) is 5.78 Å². The van der Waals surface area contributed by atoms with E-state index in [2.05, 4.69) is 11.8 Å².